The summed E-state index contributed by atoms with van der Waals surface area (Å²) in [5.74, 6) is -0.586. The molecule has 2 amide bonds. The molecule has 1 heterocycles. The Kier molecular flexibility index (Phi) is 6.13. The third-order valence-electron chi connectivity index (χ3n) is 5.59. The minimum atomic E-state index is -3.88. The first-order valence-electron chi connectivity index (χ1n) is 10.2. The van der Waals surface area contributed by atoms with E-state index in [1.807, 2.05) is 0 Å². The van der Waals surface area contributed by atoms with Crippen LogP contribution in [0.15, 0.2) is 53.4 Å². The van der Waals surface area contributed by atoms with E-state index in [1.165, 1.54) is 49.8 Å². The average molecular weight is 486 g/mol. The van der Waals surface area contributed by atoms with Gasteiger partial charge in [0, 0.05) is 17.5 Å². The lowest BCUT2D eigenvalue weighted by molar-refractivity contribution is 0.100. The number of thiophene rings is 1. The molecule has 1 aliphatic carbocycles. The van der Waals surface area contributed by atoms with Gasteiger partial charge in [-0.3, -0.25) is 13.9 Å². The second kappa shape index (κ2) is 8.87. The van der Waals surface area contributed by atoms with E-state index in [0.29, 0.717) is 22.0 Å². The number of fused-ring (bicyclic) bond motifs is 1. The molecule has 0 atom stereocenters. The molecule has 0 bridgehead atoms. The van der Waals surface area contributed by atoms with Crippen molar-refractivity contribution in [1.29, 1.82) is 0 Å². The van der Waals surface area contributed by atoms with Crippen molar-refractivity contribution in [3.05, 3.63) is 70.1 Å². The number of carbonyl (C=O) groups is 2. The third-order valence-corrected chi connectivity index (χ3v) is 8.59. The van der Waals surface area contributed by atoms with Crippen LogP contribution in [0, 0.1) is 0 Å². The largest absolute Gasteiger partial charge is 0.495 e. The smallest absolute Gasteiger partial charge is 0.264 e. The maximum absolute atomic E-state index is 13.1. The molecule has 0 saturated carbocycles. The highest BCUT2D eigenvalue weighted by Gasteiger charge is 2.27. The van der Waals surface area contributed by atoms with Gasteiger partial charge in [-0.15, -0.1) is 11.3 Å². The van der Waals surface area contributed by atoms with E-state index in [2.05, 4.69) is 5.32 Å². The van der Waals surface area contributed by atoms with E-state index >= 15 is 0 Å². The predicted molar refractivity (Wildman–Crippen MR) is 128 cm³/mol. The van der Waals surface area contributed by atoms with Gasteiger partial charge in [-0.1, -0.05) is 12.1 Å². The Bertz CT molecular complexity index is 1330. The second-order valence-electron chi connectivity index (χ2n) is 7.55. The minimum absolute atomic E-state index is 0.0281. The molecule has 0 spiro atoms. The van der Waals surface area contributed by atoms with Crippen molar-refractivity contribution >= 4 is 43.9 Å². The van der Waals surface area contributed by atoms with Crippen LogP contribution in [0.1, 0.15) is 37.6 Å². The van der Waals surface area contributed by atoms with Gasteiger partial charge < -0.3 is 15.8 Å². The lowest BCUT2D eigenvalue weighted by Gasteiger charge is -2.21. The summed E-state index contributed by atoms with van der Waals surface area (Å²) in [6.45, 7) is 0. The number of nitrogens with two attached hydrogens (primary N) is 1. The van der Waals surface area contributed by atoms with E-state index in [1.54, 1.807) is 24.3 Å². The van der Waals surface area contributed by atoms with E-state index in [0.717, 1.165) is 34.0 Å². The van der Waals surface area contributed by atoms with Crippen molar-refractivity contribution in [2.75, 3.05) is 23.8 Å². The molecule has 0 aliphatic heterocycles. The predicted octanol–water partition coefficient (Wildman–Crippen LogP) is 3.42. The summed E-state index contributed by atoms with van der Waals surface area (Å²) in [6, 6.07) is 12.4. The monoisotopic (exact) mass is 485 g/mol. The van der Waals surface area contributed by atoms with Crippen LogP contribution in [0.3, 0.4) is 0 Å². The average Bonchev–Trinajstić information content (AvgIpc) is 3.39. The topological polar surface area (TPSA) is 119 Å². The normalized spacial score (nSPS) is 12.8. The molecule has 33 heavy (non-hydrogen) atoms. The number of hydrogen-bond donors (Lipinski definition) is 2. The summed E-state index contributed by atoms with van der Waals surface area (Å²) in [5.41, 5.74) is 7.50. The molecule has 2 aromatic carbocycles. The number of ether oxygens (including phenoxy) is 1. The minimum Gasteiger partial charge on any atom is -0.495 e. The fourth-order valence-electron chi connectivity index (χ4n) is 3.88. The standard InChI is InChI=1S/C23H23N3O5S2/c1-26(17-7-3-4-8-18(17)31-2)33(29,30)15-12-10-14(11-13-15)22(28)25-23-20(21(24)27)16-6-5-9-19(16)32-23/h3-4,7-8,10-13H,5-6,9H2,1-2H3,(H2,24,27)(H,25,28). The number of methoxy groups -OCH3 is 1. The third kappa shape index (κ3) is 4.19. The molecule has 4 rings (SSSR count). The SMILES string of the molecule is COc1ccccc1N(C)S(=O)(=O)c1ccc(C(=O)Nc2sc3c(c2C(N)=O)CCC3)cc1. The van der Waals surface area contributed by atoms with Crippen LogP contribution in [0.2, 0.25) is 0 Å². The highest BCUT2D eigenvalue weighted by molar-refractivity contribution is 7.92. The number of hydrogen-bond acceptors (Lipinski definition) is 6. The number of rotatable bonds is 7. The van der Waals surface area contributed by atoms with Crippen molar-refractivity contribution in [2.24, 2.45) is 5.73 Å². The fourth-order valence-corrected chi connectivity index (χ4v) is 6.38. The van der Waals surface area contributed by atoms with Gasteiger partial charge in [-0.05, 0) is 61.2 Å². The molecule has 3 aromatic rings. The van der Waals surface area contributed by atoms with Crippen molar-refractivity contribution in [1.82, 2.24) is 0 Å². The summed E-state index contributed by atoms with van der Waals surface area (Å²) >= 11 is 1.37. The quantitative estimate of drug-likeness (QED) is 0.532. The van der Waals surface area contributed by atoms with Crippen LogP contribution in [-0.2, 0) is 22.9 Å². The number of para-hydroxylation sites is 2. The molecular weight excluding hydrogens is 462 g/mol. The first-order valence-corrected chi connectivity index (χ1v) is 12.5. The zero-order chi connectivity index (χ0) is 23.8. The van der Waals surface area contributed by atoms with E-state index in [-0.39, 0.29) is 10.5 Å². The molecule has 0 radical (unpaired) electrons. The summed E-state index contributed by atoms with van der Waals surface area (Å²) < 4.78 is 32.6. The zero-order valence-electron chi connectivity index (χ0n) is 18.1. The summed E-state index contributed by atoms with van der Waals surface area (Å²) in [6.07, 6.45) is 2.60. The van der Waals surface area contributed by atoms with Gasteiger partial charge in [0.15, 0.2) is 0 Å². The van der Waals surface area contributed by atoms with Gasteiger partial charge in [0.05, 0.1) is 23.3 Å². The number of nitrogens with one attached hydrogen (secondary N) is 1. The van der Waals surface area contributed by atoms with Gasteiger partial charge in [-0.2, -0.15) is 0 Å². The van der Waals surface area contributed by atoms with E-state index in [9.17, 15) is 18.0 Å². The lowest BCUT2D eigenvalue weighted by atomic mass is 10.1. The van der Waals surface area contributed by atoms with Crippen molar-refractivity contribution in [2.45, 2.75) is 24.2 Å². The summed E-state index contributed by atoms with van der Waals surface area (Å²) in [5, 5.41) is 3.20. The number of aryl methyl sites for hydroxylation is 1. The Balaban J connectivity index is 1.56. The maximum atomic E-state index is 13.1. The highest BCUT2D eigenvalue weighted by Crippen LogP contribution is 2.39. The van der Waals surface area contributed by atoms with Crippen LogP contribution in [0.25, 0.3) is 0 Å². The first-order chi connectivity index (χ1) is 15.7. The van der Waals surface area contributed by atoms with Gasteiger partial charge in [-0.25, -0.2) is 8.42 Å². The first kappa shape index (κ1) is 22.8. The number of benzene rings is 2. The van der Waals surface area contributed by atoms with Crippen LogP contribution in [0.5, 0.6) is 5.75 Å². The number of amides is 2. The van der Waals surface area contributed by atoms with Crippen molar-refractivity contribution in [3.63, 3.8) is 0 Å². The number of carbonyl (C=O) groups excluding carboxylic acids is 2. The molecule has 1 aromatic heterocycles. The van der Waals surface area contributed by atoms with Crippen LogP contribution < -0.4 is 20.1 Å². The summed E-state index contributed by atoms with van der Waals surface area (Å²) in [7, 11) is -0.969. The molecule has 0 saturated heterocycles. The van der Waals surface area contributed by atoms with Gasteiger partial charge in [0.1, 0.15) is 10.8 Å². The number of primary amides is 1. The molecular formula is C23H23N3O5S2. The molecule has 3 N–H and O–H groups in total. The van der Waals surface area contributed by atoms with Gasteiger partial charge >= 0.3 is 0 Å². The molecule has 8 nitrogen and oxygen atoms in total. The van der Waals surface area contributed by atoms with Gasteiger partial charge in [0.25, 0.3) is 21.8 Å². The summed E-state index contributed by atoms with van der Waals surface area (Å²) in [4.78, 5) is 25.8. The van der Waals surface area contributed by atoms with Crippen LogP contribution in [-0.4, -0.2) is 34.4 Å². The Morgan fingerprint density at radius 3 is 2.45 bits per heavy atom. The molecule has 10 heteroatoms. The fraction of sp³-hybridized carbons (Fsp3) is 0.217. The number of anilines is 2. The van der Waals surface area contributed by atoms with Crippen LogP contribution in [0.4, 0.5) is 10.7 Å². The highest BCUT2D eigenvalue weighted by atomic mass is 32.2. The molecule has 172 valence electrons. The Labute approximate surface area is 196 Å². The Hall–Kier alpha value is -3.37. The van der Waals surface area contributed by atoms with Crippen molar-refractivity contribution in [3.8, 4) is 5.75 Å². The Morgan fingerprint density at radius 2 is 1.79 bits per heavy atom. The van der Waals surface area contributed by atoms with E-state index < -0.39 is 21.8 Å². The Morgan fingerprint density at radius 1 is 1.09 bits per heavy atom. The molecule has 0 unspecified atom stereocenters. The van der Waals surface area contributed by atoms with E-state index in [4.69, 9.17) is 10.5 Å². The van der Waals surface area contributed by atoms with Crippen molar-refractivity contribution < 1.29 is 22.7 Å². The number of sulfonamides is 1. The van der Waals surface area contributed by atoms with Crippen LogP contribution >= 0.6 is 11.3 Å². The lowest BCUT2D eigenvalue weighted by Crippen LogP contribution is -2.27. The maximum Gasteiger partial charge on any atom is 0.264 e. The zero-order valence-corrected chi connectivity index (χ0v) is 19.8. The molecule has 1 aliphatic rings. The van der Waals surface area contributed by atoms with Gasteiger partial charge in [0.2, 0.25) is 0 Å². The number of nitrogens with zero attached hydrogens (tertiary/aromatic N) is 1. The molecule has 0 fully saturated rings. The second-order valence-corrected chi connectivity index (χ2v) is 10.6.